The van der Waals surface area contributed by atoms with E-state index in [4.69, 9.17) is 4.74 Å². The van der Waals surface area contributed by atoms with E-state index in [0.29, 0.717) is 12.4 Å². The number of aryl methyl sites for hydroxylation is 1. The maximum Gasteiger partial charge on any atom is 0.235 e. The molecule has 0 radical (unpaired) electrons. The molecule has 4 rings (SSSR count). The fourth-order valence-electron chi connectivity index (χ4n) is 3.75. The summed E-state index contributed by atoms with van der Waals surface area (Å²) < 4.78 is 23.0. The van der Waals surface area contributed by atoms with E-state index >= 15 is 0 Å². The molecular formula is C19H26FN5OSi. The van der Waals surface area contributed by atoms with Gasteiger partial charge in [-0.25, -0.2) is 14.2 Å². The number of ether oxygens (including phenoxy) is 1. The molecule has 3 heterocycles. The molecule has 0 fully saturated rings. The molecular weight excluding hydrogens is 361 g/mol. The summed E-state index contributed by atoms with van der Waals surface area (Å²) in [6, 6.07) is 2.51. The van der Waals surface area contributed by atoms with Crippen LogP contribution in [0.25, 0.3) is 5.65 Å². The van der Waals surface area contributed by atoms with Gasteiger partial charge in [0.15, 0.2) is 5.65 Å². The molecule has 27 heavy (non-hydrogen) atoms. The van der Waals surface area contributed by atoms with Gasteiger partial charge in [-0.1, -0.05) is 19.6 Å². The van der Waals surface area contributed by atoms with Crippen LogP contribution in [-0.2, 0) is 23.3 Å². The number of hydrogen-bond donors (Lipinski definition) is 0. The van der Waals surface area contributed by atoms with Crippen LogP contribution in [0, 0.1) is 5.95 Å². The van der Waals surface area contributed by atoms with Gasteiger partial charge in [0.05, 0.1) is 11.9 Å². The van der Waals surface area contributed by atoms with E-state index in [1.165, 1.54) is 6.07 Å². The Bertz CT molecular complexity index is 976. The quantitative estimate of drug-likeness (QED) is 0.479. The fourth-order valence-corrected chi connectivity index (χ4v) is 4.51. The van der Waals surface area contributed by atoms with E-state index in [1.807, 2.05) is 23.3 Å². The minimum absolute atomic E-state index is 0.272. The zero-order valence-electron chi connectivity index (χ0n) is 16.4. The number of fused-ring (bicyclic) bond motifs is 3. The lowest BCUT2D eigenvalue weighted by molar-refractivity contribution is 0.0785. The van der Waals surface area contributed by atoms with Crippen molar-refractivity contribution >= 4 is 13.7 Å². The lowest BCUT2D eigenvalue weighted by Crippen LogP contribution is -2.23. The van der Waals surface area contributed by atoms with Crippen molar-refractivity contribution in [3.8, 4) is 0 Å². The van der Waals surface area contributed by atoms with Crippen molar-refractivity contribution in [1.82, 2.24) is 24.4 Å². The fraction of sp³-hybridized carbons (Fsp3) is 0.526. The van der Waals surface area contributed by atoms with E-state index in [-0.39, 0.29) is 5.41 Å². The minimum atomic E-state index is -1.09. The molecule has 1 atom stereocenters. The van der Waals surface area contributed by atoms with Crippen molar-refractivity contribution in [3.05, 3.63) is 47.4 Å². The highest BCUT2D eigenvalue weighted by atomic mass is 28.3. The second-order valence-electron chi connectivity index (χ2n) is 8.82. The molecule has 0 aliphatic heterocycles. The van der Waals surface area contributed by atoms with Crippen LogP contribution in [0.4, 0.5) is 4.39 Å². The van der Waals surface area contributed by atoms with Crippen LogP contribution in [-0.4, -0.2) is 39.1 Å². The average molecular weight is 388 g/mol. The van der Waals surface area contributed by atoms with Crippen molar-refractivity contribution in [2.45, 2.75) is 57.6 Å². The molecule has 0 unspecified atom stereocenters. The molecule has 1 aliphatic rings. The van der Waals surface area contributed by atoms with E-state index < -0.39 is 14.0 Å². The normalized spacial score (nSPS) is 19.7. The first-order valence-electron chi connectivity index (χ1n) is 9.41. The molecule has 0 bridgehead atoms. The summed E-state index contributed by atoms with van der Waals surface area (Å²) in [5.41, 5.74) is 3.49. The highest BCUT2D eigenvalue weighted by Gasteiger charge is 2.40. The van der Waals surface area contributed by atoms with Gasteiger partial charge in [0, 0.05) is 44.1 Å². The topological polar surface area (TPSA) is 57.2 Å². The first-order chi connectivity index (χ1) is 12.8. The summed E-state index contributed by atoms with van der Waals surface area (Å²) in [5.74, 6) is -0.503. The number of nitrogens with zero attached hydrogens (tertiary/aromatic N) is 5. The molecule has 3 aromatic rings. The van der Waals surface area contributed by atoms with Gasteiger partial charge in [-0.2, -0.15) is 9.49 Å². The van der Waals surface area contributed by atoms with Crippen LogP contribution >= 0.6 is 0 Å². The standard InChI is InChI=1S/C19H26FN5OSi/c1-19(15-11-22-24(12-15)13-26-7-8-27(2,3)4)6-5-14-10-21-17-9-16(20)23-25(17)18(14)19/h9-12H,5-8,13H2,1-4H3/t19-/m0/s1. The van der Waals surface area contributed by atoms with Crippen molar-refractivity contribution < 1.29 is 9.13 Å². The first kappa shape index (κ1) is 18.3. The monoisotopic (exact) mass is 387 g/mol. The van der Waals surface area contributed by atoms with Gasteiger partial charge in [-0.15, -0.1) is 5.10 Å². The lowest BCUT2D eigenvalue weighted by atomic mass is 9.82. The summed E-state index contributed by atoms with van der Waals surface area (Å²) in [4.78, 5) is 4.33. The molecule has 8 heteroatoms. The Hall–Kier alpha value is -2.06. The van der Waals surface area contributed by atoms with Crippen molar-refractivity contribution in [1.29, 1.82) is 0 Å². The molecule has 0 N–H and O–H groups in total. The maximum atomic E-state index is 13.7. The number of halogens is 1. The second kappa shape index (κ2) is 6.52. The Morgan fingerprint density at radius 2 is 2.11 bits per heavy atom. The van der Waals surface area contributed by atoms with Crippen molar-refractivity contribution in [2.75, 3.05) is 6.61 Å². The van der Waals surface area contributed by atoms with E-state index in [0.717, 1.165) is 42.3 Å². The number of aromatic nitrogens is 5. The third-order valence-electron chi connectivity index (χ3n) is 5.44. The van der Waals surface area contributed by atoms with Crippen LogP contribution in [0.1, 0.15) is 30.2 Å². The van der Waals surface area contributed by atoms with Crippen LogP contribution in [0.3, 0.4) is 0 Å². The Labute approximate surface area is 159 Å². The van der Waals surface area contributed by atoms with Gasteiger partial charge in [0.25, 0.3) is 0 Å². The predicted octanol–water partition coefficient (Wildman–Crippen LogP) is 3.63. The third-order valence-corrected chi connectivity index (χ3v) is 7.14. The summed E-state index contributed by atoms with van der Waals surface area (Å²) in [6.45, 7) is 10.4. The van der Waals surface area contributed by atoms with Gasteiger partial charge >= 0.3 is 0 Å². The molecule has 6 nitrogen and oxygen atoms in total. The predicted molar refractivity (Wildman–Crippen MR) is 104 cm³/mol. The Morgan fingerprint density at radius 1 is 1.30 bits per heavy atom. The van der Waals surface area contributed by atoms with Gasteiger partial charge in [0.1, 0.15) is 6.73 Å². The van der Waals surface area contributed by atoms with Gasteiger partial charge in [0.2, 0.25) is 5.95 Å². The van der Waals surface area contributed by atoms with Crippen LogP contribution < -0.4 is 0 Å². The second-order valence-corrected chi connectivity index (χ2v) is 14.4. The maximum absolute atomic E-state index is 13.7. The highest BCUT2D eigenvalue weighted by Crippen LogP contribution is 2.43. The first-order valence-corrected chi connectivity index (χ1v) is 13.1. The molecule has 0 aromatic carbocycles. The zero-order valence-corrected chi connectivity index (χ0v) is 17.4. The molecule has 0 saturated heterocycles. The number of hydrogen-bond acceptors (Lipinski definition) is 4. The summed E-state index contributed by atoms with van der Waals surface area (Å²) >= 11 is 0. The summed E-state index contributed by atoms with van der Waals surface area (Å²) in [6.07, 6.45) is 7.60. The lowest BCUT2D eigenvalue weighted by Gasteiger charge is -2.24. The van der Waals surface area contributed by atoms with Crippen LogP contribution in [0.2, 0.25) is 25.7 Å². The largest absolute Gasteiger partial charge is 0.360 e. The van der Waals surface area contributed by atoms with Crippen LogP contribution in [0.5, 0.6) is 0 Å². The summed E-state index contributed by atoms with van der Waals surface area (Å²) in [5, 5.41) is 8.52. The summed E-state index contributed by atoms with van der Waals surface area (Å²) in [7, 11) is -1.09. The molecule has 0 amide bonds. The molecule has 1 aliphatic carbocycles. The Kier molecular flexibility index (Phi) is 4.42. The average Bonchev–Trinajstić information content (AvgIpc) is 3.28. The zero-order chi connectivity index (χ0) is 19.2. The van der Waals surface area contributed by atoms with Crippen molar-refractivity contribution in [3.63, 3.8) is 0 Å². The Balaban J connectivity index is 1.57. The third kappa shape index (κ3) is 3.43. The smallest absolute Gasteiger partial charge is 0.235 e. The van der Waals surface area contributed by atoms with Gasteiger partial charge < -0.3 is 4.74 Å². The number of rotatable bonds is 6. The molecule has 0 spiro atoms. The van der Waals surface area contributed by atoms with E-state index in [2.05, 4.69) is 41.7 Å². The van der Waals surface area contributed by atoms with Gasteiger partial charge in [-0.05, 0) is 31.4 Å². The highest BCUT2D eigenvalue weighted by molar-refractivity contribution is 6.76. The van der Waals surface area contributed by atoms with E-state index in [1.54, 1.807) is 4.52 Å². The molecule has 144 valence electrons. The van der Waals surface area contributed by atoms with Gasteiger partial charge in [-0.3, -0.25) is 0 Å². The van der Waals surface area contributed by atoms with Crippen molar-refractivity contribution in [2.24, 2.45) is 0 Å². The van der Waals surface area contributed by atoms with E-state index in [9.17, 15) is 4.39 Å². The Morgan fingerprint density at radius 3 is 2.89 bits per heavy atom. The minimum Gasteiger partial charge on any atom is -0.360 e. The van der Waals surface area contributed by atoms with Crippen LogP contribution in [0.15, 0.2) is 24.7 Å². The molecule has 0 saturated carbocycles. The SMILES string of the molecule is C[C@@]1(c2cnn(COCC[Si](C)(C)C)c2)CCc2cnc3cc(F)nn3c21. The molecule has 3 aromatic heterocycles.